The van der Waals surface area contributed by atoms with Crippen molar-refractivity contribution in [2.24, 2.45) is 0 Å². The van der Waals surface area contributed by atoms with E-state index >= 15 is 0 Å². The maximum Gasteiger partial charge on any atom is 0.410 e. The molecule has 2 atom stereocenters. The number of carbonyl (C=O) groups excluding carboxylic acids is 1. The van der Waals surface area contributed by atoms with Crippen LogP contribution in [0.1, 0.15) is 58.4 Å². The first-order valence-corrected chi connectivity index (χ1v) is 10.2. The molecule has 1 aliphatic heterocycles. The van der Waals surface area contributed by atoms with Gasteiger partial charge in [-0.15, -0.1) is 0 Å². The Bertz CT molecular complexity index is 764. The standard InChI is InChI=1S/C20H30N6O3/c1-20(2,3)29-19(28)26-8-6-14(7-9-26)24-18-22-12-13(11-21)17(25-18)23-15-4-5-16(27)10-15/h12,14-16,27H,4-10H2,1-3H3,(H2,22,23,24,25)/t15-,16+/m0/s1. The first-order valence-electron chi connectivity index (χ1n) is 10.2. The van der Waals surface area contributed by atoms with Gasteiger partial charge in [0.25, 0.3) is 0 Å². The number of ether oxygens (including phenoxy) is 1. The molecule has 0 radical (unpaired) electrons. The molecule has 2 heterocycles. The number of aromatic nitrogens is 2. The highest BCUT2D eigenvalue weighted by Crippen LogP contribution is 2.24. The van der Waals surface area contributed by atoms with Crippen LogP contribution in [0, 0.1) is 11.3 Å². The van der Waals surface area contributed by atoms with E-state index in [0.717, 1.165) is 25.7 Å². The van der Waals surface area contributed by atoms with E-state index in [-0.39, 0.29) is 24.3 Å². The van der Waals surface area contributed by atoms with Crippen molar-refractivity contribution in [2.45, 2.75) is 76.7 Å². The molecule has 1 saturated heterocycles. The summed E-state index contributed by atoms with van der Waals surface area (Å²) < 4.78 is 5.43. The number of amides is 1. The van der Waals surface area contributed by atoms with Gasteiger partial charge in [-0.3, -0.25) is 0 Å². The van der Waals surface area contributed by atoms with Crippen LogP contribution in [-0.2, 0) is 4.74 Å². The summed E-state index contributed by atoms with van der Waals surface area (Å²) in [5.41, 5.74) is -0.113. The average Bonchev–Trinajstić information content (AvgIpc) is 3.06. The van der Waals surface area contributed by atoms with Crippen molar-refractivity contribution in [3.8, 4) is 6.07 Å². The van der Waals surface area contributed by atoms with Crippen LogP contribution in [0.2, 0.25) is 0 Å². The molecular formula is C20H30N6O3. The molecule has 1 saturated carbocycles. The molecule has 158 valence electrons. The van der Waals surface area contributed by atoms with E-state index < -0.39 is 5.60 Å². The molecular weight excluding hydrogens is 372 g/mol. The summed E-state index contributed by atoms with van der Waals surface area (Å²) in [6.07, 6.45) is 4.72. The second-order valence-electron chi connectivity index (χ2n) is 8.76. The van der Waals surface area contributed by atoms with Crippen molar-refractivity contribution in [3.05, 3.63) is 11.8 Å². The minimum atomic E-state index is -0.499. The Morgan fingerprint density at radius 1 is 1.24 bits per heavy atom. The highest BCUT2D eigenvalue weighted by Gasteiger charge is 2.28. The Balaban J connectivity index is 1.56. The maximum atomic E-state index is 12.2. The Morgan fingerprint density at radius 2 is 1.97 bits per heavy atom. The zero-order chi connectivity index (χ0) is 21.0. The van der Waals surface area contributed by atoms with Gasteiger partial charge in [-0.05, 0) is 52.9 Å². The zero-order valence-electron chi connectivity index (χ0n) is 17.3. The van der Waals surface area contributed by atoms with Gasteiger partial charge < -0.3 is 25.4 Å². The van der Waals surface area contributed by atoms with Gasteiger partial charge in [-0.25, -0.2) is 9.78 Å². The van der Waals surface area contributed by atoms with Crippen LogP contribution >= 0.6 is 0 Å². The number of aliphatic hydroxyl groups is 1. The van der Waals surface area contributed by atoms with Gasteiger partial charge in [0.1, 0.15) is 23.1 Å². The normalized spacial score (nSPS) is 22.8. The molecule has 0 aromatic carbocycles. The predicted molar refractivity (Wildman–Crippen MR) is 108 cm³/mol. The molecule has 9 heteroatoms. The number of piperidine rings is 1. The predicted octanol–water partition coefficient (Wildman–Crippen LogP) is 2.48. The smallest absolute Gasteiger partial charge is 0.410 e. The molecule has 1 aromatic heterocycles. The van der Waals surface area contributed by atoms with E-state index in [9.17, 15) is 15.2 Å². The number of hydrogen-bond donors (Lipinski definition) is 3. The van der Waals surface area contributed by atoms with Crippen LogP contribution in [-0.4, -0.2) is 62.9 Å². The fourth-order valence-electron chi connectivity index (χ4n) is 3.64. The maximum absolute atomic E-state index is 12.2. The fraction of sp³-hybridized carbons (Fsp3) is 0.700. The quantitative estimate of drug-likeness (QED) is 0.702. The lowest BCUT2D eigenvalue weighted by Crippen LogP contribution is -2.44. The number of likely N-dealkylation sites (tertiary alicyclic amines) is 1. The number of nitrogens with zero attached hydrogens (tertiary/aromatic N) is 4. The van der Waals surface area contributed by atoms with E-state index in [1.807, 2.05) is 20.8 Å². The summed E-state index contributed by atoms with van der Waals surface area (Å²) in [6.45, 7) is 6.79. The highest BCUT2D eigenvalue weighted by molar-refractivity contribution is 5.68. The molecule has 3 rings (SSSR count). The highest BCUT2D eigenvalue weighted by atomic mass is 16.6. The fourth-order valence-corrected chi connectivity index (χ4v) is 3.64. The lowest BCUT2D eigenvalue weighted by Gasteiger charge is -2.33. The van der Waals surface area contributed by atoms with Crippen molar-refractivity contribution in [2.75, 3.05) is 23.7 Å². The van der Waals surface area contributed by atoms with Gasteiger partial charge in [-0.2, -0.15) is 10.2 Å². The molecule has 2 aliphatic rings. The molecule has 1 aliphatic carbocycles. The number of hydrogen-bond acceptors (Lipinski definition) is 8. The Hall–Kier alpha value is -2.60. The van der Waals surface area contributed by atoms with Crippen LogP contribution in [0.3, 0.4) is 0 Å². The zero-order valence-corrected chi connectivity index (χ0v) is 17.3. The third-order valence-electron chi connectivity index (χ3n) is 5.13. The number of nitrogens with one attached hydrogen (secondary N) is 2. The minimum absolute atomic E-state index is 0.108. The van der Waals surface area contributed by atoms with E-state index in [4.69, 9.17) is 4.74 Å². The van der Waals surface area contributed by atoms with E-state index in [1.165, 1.54) is 6.20 Å². The second-order valence-corrected chi connectivity index (χ2v) is 8.76. The van der Waals surface area contributed by atoms with Crippen LogP contribution in [0.25, 0.3) is 0 Å². The number of rotatable bonds is 4. The average molecular weight is 402 g/mol. The van der Waals surface area contributed by atoms with Crippen molar-refractivity contribution >= 4 is 17.9 Å². The molecule has 0 unspecified atom stereocenters. The molecule has 1 aromatic rings. The van der Waals surface area contributed by atoms with Crippen molar-refractivity contribution < 1.29 is 14.6 Å². The summed E-state index contributed by atoms with van der Waals surface area (Å²) in [5.74, 6) is 0.955. The van der Waals surface area contributed by atoms with Gasteiger partial charge in [0.05, 0.1) is 12.3 Å². The molecule has 29 heavy (non-hydrogen) atoms. The molecule has 3 N–H and O–H groups in total. The number of carbonyl (C=O) groups is 1. The number of anilines is 2. The van der Waals surface area contributed by atoms with Crippen LogP contribution in [0.4, 0.5) is 16.6 Å². The number of aliphatic hydroxyl groups excluding tert-OH is 1. The van der Waals surface area contributed by atoms with Crippen molar-refractivity contribution in [1.29, 1.82) is 5.26 Å². The van der Waals surface area contributed by atoms with Crippen LogP contribution < -0.4 is 10.6 Å². The van der Waals surface area contributed by atoms with Gasteiger partial charge in [-0.1, -0.05) is 0 Å². The van der Waals surface area contributed by atoms with Gasteiger partial charge >= 0.3 is 6.09 Å². The van der Waals surface area contributed by atoms with Crippen molar-refractivity contribution in [1.82, 2.24) is 14.9 Å². The molecule has 0 bridgehead atoms. The molecule has 0 spiro atoms. The first-order chi connectivity index (χ1) is 13.7. The summed E-state index contributed by atoms with van der Waals surface area (Å²) in [4.78, 5) is 22.7. The molecule has 2 fully saturated rings. The summed E-state index contributed by atoms with van der Waals surface area (Å²) in [7, 11) is 0. The summed E-state index contributed by atoms with van der Waals surface area (Å²) in [6, 6.07) is 2.36. The third kappa shape index (κ3) is 5.94. The number of nitriles is 1. The monoisotopic (exact) mass is 402 g/mol. The Morgan fingerprint density at radius 3 is 2.55 bits per heavy atom. The van der Waals surface area contributed by atoms with E-state index in [2.05, 4.69) is 26.7 Å². The topological polar surface area (TPSA) is 123 Å². The lowest BCUT2D eigenvalue weighted by molar-refractivity contribution is 0.0210. The van der Waals surface area contributed by atoms with E-state index in [1.54, 1.807) is 4.90 Å². The summed E-state index contributed by atoms with van der Waals surface area (Å²) >= 11 is 0. The third-order valence-corrected chi connectivity index (χ3v) is 5.13. The summed E-state index contributed by atoms with van der Waals surface area (Å²) in [5, 5.41) is 25.6. The van der Waals surface area contributed by atoms with Gasteiger partial charge in [0, 0.05) is 25.2 Å². The van der Waals surface area contributed by atoms with Gasteiger partial charge in [0.2, 0.25) is 5.95 Å². The molecule has 9 nitrogen and oxygen atoms in total. The van der Waals surface area contributed by atoms with Gasteiger partial charge in [0.15, 0.2) is 0 Å². The SMILES string of the molecule is CC(C)(C)OC(=O)N1CCC(Nc2ncc(C#N)c(N[C@H]3CC[C@@H](O)C3)n2)CC1. The minimum Gasteiger partial charge on any atom is -0.444 e. The van der Waals surface area contributed by atoms with Crippen molar-refractivity contribution in [3.63, 3.8) is 0 Å². The Labute approximate surface area is 171 Å². The lowest BCUT2D eigenvalue weighted by atomic mass is 10.1. The Kier molecular flexibility index (Phi) is 6.42. The molecule has 1 amide bonds. The second kappa shape index (κ2) is 8.82. The largest absolute Gasteiger partial charge is 0.444 e. The van der Waals surface area contributed by atoms with E-state index in [0.29, 0.717) is 36.8 Å². The van der Waals surface area contributed by atoms with Crippen LogP contribution in [0.15, 0.2) is 6.20 Å². The van der Waals surface area contributed by atoms with Crippen LogP contribution in [0.5, 0.6) is 0 Å². The first kappa shape index (κ1) is 21.1.